The fourth-order valence-corrected chi connectivity index (χ4v) is 4.86. The average molecular weight is 503 g/mol. The molecule has 0 bridgehead atoms. The van der Waals surface area contributed by atoms with Crippen LogP contribution < -0.4 is 14.8 Å². The standard InChI is InChI=1S/C25H34N4O5S/c1-15(2)34-24(31)22-16(3)27-25-29(18(14-35-25)13-21(30)26-10-11-28(4)5)23(22)17-8-9-19(32-6)20(12-17)33-7/h8-9,12,14-15,23H,10-11,13H2,1-7H3,(H,26,30). The molecule has 10 heteroatoms. The number of fused-ring (bicyclic) bond motifs is 1. The van der Waals surface area contributed by atoms with Crippen LogP contribution in [-0.4, -0.2) is 74.4 Å². The van der Waals surface area contributed by atoms with E-state index in [2.05, 4.69) is 10.3 Å². The van der Waals surface area contributed by atoms with Crippen LogP contribution >= 0.6 is 11.8 Å². The fourth-order valence-electron chi connectivity index (χ4n) is 3.89. The molecule has 1 amide bonds. The van der Waals surface area contributed by atoms with Crippen LogP contribution in [0.25, 0.3) is 0 Å². The van der Waals surface area contributed by atoms with Crippen LogP contribution in [-0.2, 0) is 14.3 Å². The number of carbonyl (C=O) groups excluding carboxylic acids is 2. The molecule has 0 spiro atoms. The molecule has 0 radical (unpaired) electrons. The highest BCUT2D eigenvalue weighted by Crippen LogP contribution is 2.46. The van der Waals surface area contributed by atoms with Crippen LogP contribution in [0.1, 0.15) is 38.8 Å². The van der Waals surface area contributed by atoms with Crippen molar-refractivity contribution < 1.29 is 23.8 Å². The number of hydrogen-bond donors (Lipinski definition) is 1. The Bertz CT molecular complexity index is 1060. The van der Waals surface area contributed by atoms with Crippen molar-refractivity contribution in [1.82, 2.24) is 15.1 Å². The van der Waals surface area contributed by atoms with Gasteiger partial charge >= 0.3 is 5.97 Å². The Hall–Kier alpha value is -2.98. The van der Waals surface area contributed by atoms with Gasteiger partial charge in [-0.25, -0.2) is 9.79 Å². The molecule has 0 aliphatic carbocycles. The predicted molar refractivity (Wildman–Crippen MR) is 137 cm³/mol. The molecule has 2 aliphatic heterocycles. The highest BCUT2D eigenvalue weighted by Gasteiger charge is 2.41. The summed E-state index contributed by atoms with van der Waals surface area (Å²) in [5, 5.41) is 5.58. The Morgan fingerprint density at radius 2 is 1.91 bits per heavy atom. The van der Waals surface area contributed by atoms with E-state index in [0.717, 1.165) is 17.8 Å². The Labute approximate surface area is 211 Å². The third kappa shape index (κ3) is 6.18. The number of methoxy groups -OCH3 is 2. The first-order valence-electron chi connectivity index (χ1n) is 11.4. The van der Waals surface area contributed by atoms with Gasteiger partial charge in [-0.15, -0.1) is 0 Å². The lowest BCUT2D eigenvalue weighted by Gasteiger charge is -2.36. The van der Waals surface area contributed by atoms with E-state index in [1.807, 2.05) is 62.2 Å². The molecule has 190 valence electrons. The number of carbonyl (C=O) groups is 2. The van der Waals surface area contributed by atoms with Crippen LogP contribution in [0, 0.1) is 0 Å². The molecule has 9 nitrogen and oxygen atoms in total. The Morgan fingerprint density at radius 3 is 2.54 bits per heavy atom. The Kier molecular flexibility index (Phi) is 8.85. The lowest BCUT2D eigenvalue weighted by molar-refractivity contribution is -0.143. The maximum Gasteiger partial charge on any atom is 0.338 e. The second kappa shape index (κ2) is 11.6. The van der Waals surface area contributed by atoms with Crippen molar-refractivity contribution in [1.29, 1.82) is 0 Å². The predicted octanol–water partition coefficient (Wildman–Crippen LogP) is 3.30. The zero-order valence-electron chi connectivity index (χ0n) is 21.4. The number of benzene rings is 1. The summed E-state index contributed by atoms with van der Waals surface area (Å²) < 4.78 is 16.5. The number of allylic oxidation sites excluding steroid dienone is 1. The summed E-state index contributed by atoms with van der Waals surface area (Å²) in [4.78, 5) is 34.6. The number of hydrogen-bond acceptors (Lipinski definition) is 9. The number of likely N-dealkylation sites (N-methyl/N-ethyl adjacent to an activating group) is 1. The number of thioether (sulfide) groups is 1. The van der Waals surface area contributed by atoms with Gasteiger partial charge in [-0.2, -0.15) is 0 Å². The molecule has 1 aromatic rings. The van der Waals surface area contributed by atoms with Crippen molar-refractivity contribution in [2.45, 2.75) is 39.3 Å². The molecule has 0 aromatic heterocycles. The van der Waals surface area contributed by atoms with E-state index in [0.29, 0.717) is 34.5 Å². The van der Waals surface area contributed by atoms with Gasteiger partial charge in [0.05, 0.1) is 44.1 Å². The minimum atomic E-state index is -0.538. The molecule has 0 saturated carbocycles. The van der Waals surface area contributed by atoms with Gasteiger partial charge in [0.2, 0.25) is 5.91 Å². The summed E-state index contributed by atoms with van der Waals surface area (Å²) in [6.07, 6.45) is -0.126. The van der Waals surface area contributed by atoms with Gasteiger partial charge in [-0.3, -0.25) is 4.79 Å². The van der Waals surface area contributed by atoms with E-state index >= 15 is 0 Å². The fraction of sp³-hybridized carbons (Fsp3) is 0.480. The number of amides is 1. The highest BCUT2D eigenvalue weighted by molar-refractivity contribution is 8.16. The molecule has 0 saturated heterocycles. The van der Waals surface area contributed by atoms with Gasteiger partial charge < -0.3 is 29.3 Å². The van der Waals surface area contributed by atoms with Crippen LogP contribution in [0.15, 0.2) is 45.6 Å². The van der Waals surface area contributed by atoms with Crippen molar-refractivity contribution in [2.75, 3.05) is 41.4 Å². The summed E-state index contributed by atoms with van der Waals surface area (Å²) in [5.74, 6) is 0.595. The summed E-state index contributed by atoms with van der Waals surface area (Å²) in [7, 11) is 7.06. The van der Waals surface area contributed by atoms with Crippen molar-refractivity contribution in [3.63, 3.8) is 0 Å². The van der Waals surface area contributed by atoms with Crippen molar-refractivity contribution in [2.24, 2.45) is 4.99 Å². The van der Waals surface area contributed by atoms with Crippen LogP contribution in [0.3, 0.4) is 0 Å². The lowest BCUT2D eigenvalue weighted by Crippen LogP contribution is -2.39. The minimum absolute atomic E-state index is 0.0939. The molecule has 1 N–H and O–H groups in total. The van der Waals surface area contributed by atoms with E-state index in [1.165, 1.54) is 11.8 Å². The SMILES string of the molecule is COc1ccc(C2C(C(=O)OC(C)C)=C(C)N=C3SC=C(CC(=O)NCCN(C)C)N32)cc1OC. The zero-order chi connectivity index (χ0) is 25.7. The molecule has 1 atom stereocenters. The maximum absolute atomic E-state index is 13.3. The largest absolute Gasteiger partial charge is 0.493 e. The minimum Gasteiger partial charge on any atom is -0.493 e. The molecule has 1 aromatic carbocycles. The number of nitrogens with one attached hydrogen (secondary N) is 1. The van der Waals surface area contributed by atoms with Gasteiger partial charge in [0, 0.05) is 18.8 Å². The topological polar surface area (TPSA) is 92.7 Å². The third-order valence-electron chi connectivity index (χ3n) is 5.51. The van der Waals surface area contributed by atoms with Crippen LogP contribution in [0.2, 0.25) is 0 Å². The normalized spacial score (nSPS) is 17.3. The molecule has 3 rings (SSSR count). The number of ether oxygens (including phenoxy) is 3. The summed E-state index contributed by atoms with van der Waals surface area (Å²) >= 11 is 1.44. The number of esters is 1. The highest BCUT2D eigenvalue weighted by atomic mass is 32.2. The Balaban J connectivity index is 2.00. The lowest BCUT2D eigenvalue weighted by atomic mass is 9.93. The molecular formula is C25H34N4O5S. The van der Waals surface area contributed by atoms with Gasteiger partial charge in [0.1, 0.15) is 0 Å². The zero-order valence-corrected chi connectivity index (χ0v) is 22.2. The van der Waals surface area contributed by atoms with E-state index < -0.39 is 12.0 Å². The van der Waals surface area contributed by atoms with E-state index in [9.17, 15) is 9.59 Å². The smallest absolute Gasteiger partial charge is 0.338 e. The quantitative estimate of drug-likeness (QED) is 0.487. The van der Waals surface area contributed by atoms with Crippen molar-refractivity contribution >= 4 is 28.8 Å². The van der Waals surface area contributed by atoms with Crippen molar-refractivity contribution in [3.8, 4) is 11.5 Å². The molecule has 2 heterocycles. The van der Waals surface area contributed by atoms with E-state index in [1.54, 1.807) is 20.3 Å². The number of nitrogens with zero attached hydrogens (tertiary/aromatic N) is 3. The third-order valence-corrected chi connectivity index (χ3v) is 6.40. The number of aliphatic imine (C=N–C) groups is 1. The van der Waals surface area contributed by atoms with Gasteiger partial charge in [0.25, 0.3) is 0 Å². The number of rotatable bonds is 10. The van der Waals surface area contributed by atoms with Gasteiger partial charge in [0.15, 0.2) is 16.7 Å². The summed E-state index contributed by atoms with van der Waals surface area (Å²) in [5.41, 5.74) is 2.57. The monoisotopic (exact) mass is 502 g/mol. The van der Waals surface area contributed by atoms with Crippen molar-refractivity contribution in [3.05, 3.63) is 46.1 Å². The second-order valence-corrected chi connectivity index (χ2v) is 9.63. The van der Waals surface area contributed by atoms with E-state index in [-0.39, 0.29) is 18.4 Å². The van der Waals surface area contributed by atoms with Gasteiger partial charge in [-0.1, -0.05) is 17.8 Å². The summed E-state index contributed by atoms with van der Waals surface area (Å²) in [6.45, 7) is 6.73. The molecule has 1 unspecified atom stereocenters. The van der Waals surface area contributed by atoms with E-state index in [4.69, 9.17) is 14.2 Å². The first kappa shape index (κ1) is 26.6. The maximum atomic E-state index is 13.3. The first-order valence-corrected chi connectivity index (χ1v) is 12.3. The molecule has 35 heavy (non-hydrogen) atoms. The van der Waals surface area contributed by atoms with Crippen LogP contribution in [0.4, 0.5) is 0 Å². The molecular weight excluding hydrogens is 468 g/mol. The van der Waals surface area contributed by atoms with Gasteiger partial charge in [-0.05, 0) is 58.0 Å². The number of amidine groups is 1. The summed E-state index contributed by atoms with van der Waals surface area (Å²) in [6, 6.07) is 5.01. The second-order valence-electron chi connectivity index (χ2n) is 8.79. The molecule has 0 fully saturated rings. The Morgan fingerprint density at radius 1 is 1.20 bits per heavy atom. The molecule has 2 aliphatic rings. The van der Waals surface area contributed by atoms with Crippen LogP contribution in [0.5, 0.6) is 11.5 Å². The first-order chi connectivity index (χ1) is 16.7. The average Bonchev–Trinajstić information content (AvgIpc) is 3.18.